The smallest absolute Gasteiger partial charge is 0.235 e. The third-order valence-electron chi connectivity index (χ3n) is 9.31. The Morgan fingerprint density at radius 2 is 1.76 bits per heavy atom. The lowest BCUT2D eigenvalue weighted by atomic mass is 9.97. The molecule has 2 aromatic carbocycles. The summed E-state index contributed by atoms with van der Waals surface area (Å²) in [4.78, 5) is 32.1. The fourth-order valence-electron chi connectivity index (χ4n) is 6.37. The van der Waals surface area contributed by atoms with Gasteiger partial charge < -0.3 is 20.7 Å². The highest BCUT2D eigenvalue weighted by atomic mass is 16.5. The van der Waals surface area contributed by atoms with E-state index in [1.165, 1.54) is 11.1 Å². The topological polar surface area (TPSA) is 110 Å². The number of pyridine rings is 1. The van der Waals surface area contributed by atoms with E-state index in [-0.39, 0.29) is 17.9 Å². The number of carbonyl (C=O) groups excluding carboxylic acids is 2. The Kier molecular flexibility index (Phi) is 8.90. The van der Waals surface area contributed by atoms with Gasteiger partial charge >= 0.3 is 0 Å². The number of hydrogen-bond donors (Lipinski definition) is 3. The summed E-state index contributed by atoms with van der Waals surface area (Å²) in [6.45, 7) is 11.2. The van der Waals surface area contributed by atoms with Crippen molar-refractivity contribution in [2.24, 2.45) is 5.41 Å². The van der Waals surface area contributed by atoms with Crippen molar-refractivity contribution >= 4 is 28.5 Å². The summed E-state index contributed by atoms with van der Waals surface area (Å²) in [5.41, 5.74) is 8.37. The van der Waals surface area contributed by atoms with Crippen LogP contribution in [0.1, 0.15) is 67.5 Å². The third-order valence-corrected chi connectivity index (χ3v) is 9.31. The molecule has 2 fully saturated rings. The van der Waals surface area contributed by atoms with Gasteiger partial charge in [-0.25, -0.2) is 9.67 Å². The second-order valence-electron chi connectivity index (χ2n) is 12.5. The maximum absolute atomic E-state index is 13.6. The van der Waals surface area contributed by atoms with Crippen LogP contribution >= 0.6 is 0 Å². The SMILES string of the molecule is CCc1nc2c(cnn2CC)c(NC2CCOCC2)c1CNC(=O)C1(C(=O)NCc2ccc(C)c(-c3cccc(C)c3)c2)CC1. The van der Waals surface area contributed by atoms with Crippen molar-refractivity contribution in [3.8, 4) is 11.1 Å². The highest BCUT2D eigenvalue weighted by Crippen LogP contribution is 2.46. The number of nitrogens with one attached hydrogen (secondary N) is 3. The fraction of sp³-hybridized carbons (Fsp3) is 0.444. The summed E-state index contributed by atoms with van der Waals surface area (Å²) >= 11 is 0. The molecule has 0 bridgehead atoms. The van der Waals surface area contributed by atoms with Crippen LogP contribution in [0, 0.1) is 19.3 Å². The average Bonchev–Trinajstić information content (AvgIpc) is 3.77. The third kappa shape index (κ3) is 6.31. The van der Waals surface area contributed by atoms with Crippen molar-refractivity contribution in [1.82, 2.24) is 25.4 Å². The molecule has 1 saturated carbocycles. The van der Waals surface area contributed by atoms with Crippen LogP contribution in [0.15, 0.2) is 48.7 Å². The molecule has 6 rings (SSSR count). The molecule has 45 heavy (non-hydrogen) atoms. The van der Waals surface area contributed by atoms with E-state index in [1.807, 2.05) is 16.9 Å². The van der Waals surface area contributed by atoms with Gasteiger partial charge in [-0.05, 0) is 81.2 Å². The van der Waals surface area contributed by atoms with Crippen molar-refractivity contribution in [3.63, 3.8) is 0 Å². The van der Waals surface area contributed by atoms with Gasteiger partial charge in [0.25, 0.3) is 0 Å². The van der Waals surface area contributed by atoms with Crippen LogP contribution in [0.2, 0.25) is 0 Å². The molecule has 236 valence electrons. The summed E-state index contributed by atoms with van der Waals surface area (Å²) < 4.78 is 7.50. The molecule has 0 spiro atoms. The number of benzene rings is 2. The summed E-state index contributed by atoms with van der Waals surface area (Å²) in [6, 6.07) is 15.0. The van der Waals surface area contributed by atoms with E-state index in [9.17, 15) is 9.59 Å². The zero-order valence-corrected chi connectivity index (χ0v) is 26.8. The molecule has 1 saturated heterocycles. The molecule has 3 heterocycles. The quantitative estimate of drug-likeness (QED) is 0.191. The molecule has 1 aliphatic heterocycles. The second-order valence-corrected chi connectivity index (χ2v) is 12.5. The molecule has 3 N–H and O–H groups in total. The van der Waals surface area contributed by atoms with E-state index in [4.69, 9.17) is 9.72 Å². The van der Waals surface area contributed by atoms with Gasteiger partial charge in [-0.3, -0.25) is 9.59 Å². The monoisotopic (exact) mass is 608 g/mol. The second kappa shape index (κ2) is 13.0. The van der Waals surface area contributed by atoms with E-state index >= 15 is 0 Å². The highest BCUT2D eigenvalue weighted by Gasteiger charge is 2.56. The van der Waals surface area contributed by atoms with Gasteiger partial charge in [0.2, 0.25) is 11.8 Å². The molecule has 9 heteroatoms. The Hall–Kier alpha value is -4.24. The summed E-state index contributed by atoms with van der Waals surface area (Å²) in [5.74, 6) is -0.445. The van der Waals surface area contributed by atoms with Crippen molar-refractivity contribution < 1.29 is 14.3 Å². The molecule has 0 atom stereocenters. The molecular weight excluding hydrogens is 564 g/mol. The molecule has 0 unspecified atom stereocenters. The number of ether oxygens (including phenoxy) is 1. The van der Waals surface area contributed by atoms with Crippen LogP contribution in [0.25, 0.3) is 22.2 Å². The lowest BCUT2D eigenvalue weighted by Crippen LogP contribution is -2.42. The maximum atomic E-state index is 13.6. The minimum atomic E-state index is -1.03. The predicted octanol–water partition coefficient (Wildman–Crippen LogP) is 5.60. The lowest BCUT2D eigenvalue weighted by molar-refractivity contribution is -0.137. The van der Waals surface area contributed by atoms with Crippen molar-refractivity contribution in [1.29, 1.82) is 0 Å². The average molecular weight is 609 g/mol. The number of amides is 2. The van der Waals surface area contributed by atoms with E-state index < -0.39 is 5.41 Å². The molecular formula is C36H44N6O3. The highest BCUT2D eigenvalue weighted by molar-refractivity contribution is 6.08. The molecule has 0 radical (unpaired) electrons. The number of fused-ring (bicyclic) bond motifs is 1. The number of hydrogen-bond acceptors (Lipinski definition) is 6. The predicted molar refractivity (Wildman–Crippen MR) is 177 cm³/mol. The number of rotatable bonds is 11. The Morgan fingerprint density at radius 3 is 2.44 bits per heavy atom. The zero-order valence-electron chi connectivity index (χ0n) is 26.8. The van der Waals surface area contributed by atoms with E-state index in [0.717, 1.165) is 77.3 Å². The normalized spacial score (nSPS) is 16.0. The molecule has 4 aromatic rings. The van der Waals surface area contributed by atoms with Crippen LogP contribution in [0.3, 0.4) is 0 Å². The van der Waals surface area contributed by atoms with Crippen LogP contribution in [-0.2, 0) is 40.4 Å². The number of aromatic nitrogens is 3. The molecule has 9 nitrogen and oxygen atoms in total. The Balaban J connectivity index is 1.17. The Morgan fingerprint density at radius 1 is 1.00 bits per heavy atom. The van der Waals surface area contributed by atoms with Crippen molar-refractivity contribution in [2.75, 3.05) is 18.5 Å². The van der Waals surface area contributed by atoms with Crippen LogP contribution in [-0.4, -0.2) is 45.8 Å². The van der Waals surface area contributed by atoms with Crippen LogP contribution < -0.4 is 16.0 Å². The molecule has 2 aromatic heterocycles. The standard InChI is InChI=1S/C36H44N6O3/c1-5-31-29(32(40-27-12-16-45-17-13-27)30-22-39-42(6-2)33(30)41-31)21-38-35(44)36(14-15-36)34(43)37-20-25-11-10-24(4)28(19-25)26-9-7-8-23(3)18-26/h7-11,18-19,22,27H,5-6,12-17,20-21H2,1-4H3,(H,37,43)(H,38,44)(H,40,41). The fourth-order valence-corrected chi connectivity index (χ4v) is 6.37. The number of carbonyl (C=O) groups is 2. The van der Waals surface area contributed by atoms with E-state index in [1.54, 1.807) is 0 Å². The van der Waals surface area contributed by atoms with E-state index in [2.05, 4.69) is 85.1 Å². The zero-order chi connectivity index (χ0) is 31.6. The van der Waals surface area contributed by atoms with Crippen LogP contribution in [0.4, 0.5) is 5.69 Å². The van der Waals surface area contributed by atoms with Gasteiger partial charge in [-0.2, -0.15) is 5.10 Å². The van der Waals surface area contributed by atoms with Gasteiger partial charge in [0.05, 0.1) is 17.3 Å². The summed E-state index contributed by atoms with van der Waals surface area (Å²) in [5, 5.41) is 15.5. The Labute approximate surface area is 265 Å². The van der Waals surface area contributed by atoms with Crippen LogP contribution in [0.5, 0.6) is 0 Å². The first-order chi connectivity index (χ1) is 21.8. The minimum absolute atomic E-state index is 0.216. The van der Waals surface area contributed by atoms with Gasteiger partial charge in [-0.1, -0.05) is 48.9 Å². The number of aryl methyl sites for hydroxylation is 4. The Bertz CT molecular complexity index is 1720. The van der Waals surface area contributed by atoms with Gasteiger partial charge in [0.15, 0.2) is 5.65 Å². The first-order valence-electron chi connectivity index (χ1n) is 16.3. The first-order valence-corrected chi connectivity index (χ1v) is 16.3. The minimum Gasteiger partial charge on any atom is -0.381 e. The molecule has 2 aliphatic rings. The van der Waals surface area contributed by atoms with E-state index in [0.29, 0.717) is 32.4 Å². The summed E-state index contributed by atoms with van der Waals surface area (Å²) in [7, 11) is 0. The number of nitrogens with zero attached hydrogens (tertiary/aromatic N) is 3. The van der Waals surface area contributed by atoms with Gasteiger partial charge in [-0.15, -0.1) is 0 Å². The largest absolute Gasteiger partial charge is 0.381 e. The molecule has 2 amide bonds. The van der Waals surface area contributed by atoms with Gasteiger partial charge in [0, 0.05) is 50.1 Å². The number of anilines is 1. The van der Waals surface area contributed by atoms with Crippen molar-refractivity contribution in [2.45, 2.75) is 85.5 Å². The first kappa shape index (κ1) is 30.8. The van der Waals surface area contributed by atoms with Crippen molar-refractivity contribution in [3.05, 3.63) is 76.6 Å². The lowest BCUT2D eigenvalue weighted by Gasteiger charge is -2.27. The maximum Gasteiger partial charge on any atom is 0.235 e. The molecule has 1 aliphatic carbocycles. The summed E-state index contributed by atoms with van der Waals surface area (Å²) in [6.07, 6.45) is 5.49. The van der Waals surface area contributed by atoms with Gasteiger partial charge in [0.1, 0.15) is 5.41 Å².